The molecule has 0 spiro atoms. The van der Waals surface area contributed by atoms with Gasteiger partial charge in [-0.05, 0) is 36.4 Å². The summed E-state index contributed by atoms with van der Waals surface area (Å²) in [4.78, 5) is 17.6. The number of aromatic nitrogens is 1. The van der Waals surface area contributed by atoms with Crippen LogP contribution in [0.2, 0.25) is 0 Å². The molecule has 9 heteroatoms. The molecular formula is C19H16N2O5S2. The Morgan fingerprint density at radius 3 is 2.79 bits per heavy atom. The summed E-state index contributed by atoms with van der Waals surface area (Å²) in [6.45, 7) is 4.31. The van der Waals surface area contributed by atoms with Crippen LogP contribution in [0.4, 0.5) is 0 Å². The molecule has 4 rings (SSSR count). The van der Waals surface area contributed by atoms with Gasteiger partial charge in [0.15, 0.2) is 26.1 Å². The Balaban J connectivity index is 1.83. The van der Waals surface area contributed by atoms with Crippen molar-refractivity contribution in [1.29, 1.82) is 0 Å². The number of ether oxygens (including phenoxy) is 2. The summed E-state index contributed by atoms with van der Waals surface area (Å²) in [5.74, 6) is 0.675. The second-order valence-corrected chi connectivity index (χ2v) is 9.20. The molecule has 0 radical (unpaired) electrons. The minimum Gasteiger partial charge on any atom is -0.454 e. The van der Waals surface area contributed by atoms with Crippen LogP contribution in [0.15, 0.2) is 58.9 Å². The third-order valence-electron chi connectivity index (χ3n) is 4.21. The van der Waals surface area contributed by atoms with Crippen molar-refractivity contribution in [1.82, 2.24) is 4.57 Å². The quantitative estimate of drug-likeness (QED) is 0.611. The number of carbonyl (C=O) groups excluding carboxylic acids is 1. The van der Waals surface area contributed by atoms with Gasteiger partial charge in [-0.25, -0.2) is 8.42 Å². The maximum absolute atomic E-state index is 12.7. The minimum atomic E-state index is -3.33. The second-order valence-electron chi connectivity index (χ2n) is 6.17. The molecule has 1 amide bonds. The van der Waals surface area contributed by atoms with Crippen molar-refractivity contribution in [2.45, 2.75) is 11.4 Å². The SMILES string of the molecule is C=CCn1c(=NC(=O)c2ccc3c(c2)OCO3)sc2cc(S(C)(=O)=O)ccc21. The smallest absolute Gasteiger partial charge is 0.279 e. The van der Waals surface area contributed by atoms with E-state index in [1.54, 1.807) is 42.5 Å². The molecule has 0 saturated carbocycles. The van der Waals surface area contributed by atoms with Crippen molar-refractivity contribution in [3.63, 3.8) is 0 Å². The van der Waals surface area contributed by atoms with E-state index in [4.69, 9.17) is 9.47 Å². The number of hydrogen-bond acceptors (Lipinski definition) is 6. The largest absolute Gasteiger partial charge is 0.454 e. The lowest BCUT2D eigenvalue weighted by Crippen LogP contribution is -2.16. The molecule has 0 bridgehead atoms. The predicted molar refractivity (Wildman–Crippen MR) is 106 cm³/mol. The van der Waals surface area contributed by atoms with Gasteiger partial charge in [0.1, 0.15) is 0 Å². The monoisotopic (exact) mass is 416 g/mol. The molecular weight excluding hydrogens is 400 g/mol. The number of nitrogens with zero attached hydrogens (tertiary/aromatic N) is 2. The highest BCUT2D eigenvalue weighted by Crippen LogP contribution is 2.32. The predicted octanol–water partition coefficient (Wildman–Crippen LogP) is 2.76. The summed E-state index contributed by atoms with van der Waals surface area (Å²) in [5, 5.41) is 0. The van der Waals surface area contributed by atoms with E-state index in [-0.39, 0.29) is 11.7 Å². The maximum Gasteiger partial charge on any atom is 0.279 e. The average molecular weight is 416 g/mol. The maximum atomic E-state index is 12.7. The van der Waals surface area contributed by atoms with Crippen molar-refractivity contribution < 1.29 is 22.7 Å². The zero-order chi connectivity index (χ0) is 19.9. The van der Waals surface area contributed by atoms with Gasteiger partial charge >= 0.3 is 0 Å². The van der Waals surface area contributed by atoms with Crippen molar-refractivity contribution >= 4 is 37.3 Å². The average Bonchev–Trinajstić information content (AvgIpc) is 3.25. The van der Waals surface area contributed by atoms with Crippen LogP contribution in [0.25, 0.3) is 10.2 Å². The van der Waals surface area contributed by atoms with Crippen molar-refractivity contribution in [3.8, 4) is 11.5 Å². The van der Waals surface area contributed by atoms with Gasteiger partial charge in [-0.2, -0.15) is 4.99 Å². The molecule has 0 N–H and O–H groups in total. The van der Waals surface area contributed by atoms with Gasteiger partial charge in [0, 0.05) is 18.4 Å². The van der Waals surface area contributed by atoms with E-state index >= 15 is 0 Å². The Morgan fingerprint density at radius 2 is 2.04 bits per heavy atom. The first kappa shape index (κ1) is 18.5. The van der Waals surface area contributed by atoms with E-state index in [9.17, 15) is 13.2 Å². The Bertz CT molecular complexity index is 1290. The number of sulfone groups is 1. The third-order valence-corrected chi connectivity index (χ3v) is 6.36. The van der Waals surface area contributed by atoms with E-state index in [1.165, 1.54) is 11.3 Å². The van der Waals surface area contributed by atoms with Crippen LogP contribution >= 0.6 is 11.3 Å². The number of rotatable bonds is 4. The van der Waals surface area contributed by atoms with Crippen molar-refractivity contribution in [2.24, 2.45) is 4.99 Å². The first-order valence-electron chi connectivity index (χ1n) is 8.30. The first-order chi connectivity index (χ1) is 13.4. The summed E-state index contributed by atoms with van der Waals surface area (Å²) in [6, 6.07) is 9.77. The Morgan fingerprint density at radius 1 is 1.25 bits per heavy atom. The number of hydrogen-bond donors (Lipinski definition) is 0. The van der Waals surface area contributed by atoms with E-state index in [2.05, 4.69) is 11.6 Å². The number of amides is 1. The third kappa shape index (κ3) is 3.34. The van der Waals surface area contributed by atoms with Gasteiger partial charge in [-0.3, -0.25) is 4.79 Å². The molecule has 144 valence electrons. The number of thiazole rings is 1. The van der Waals surface area contributed by atoms with Crippen molar-refractivity contribution in [2.75, 3.05) is 13.0 Å². The Kier molecular flexibility index (Phi) is 4.56. The number of benzene rings is 2. The molecule has 7 nitrogen and oxygen atoms in total. The summed E-state index contributed by atoms with van der Waals surface area (Å²) >= 11 is 1.25. The number of fused-ring (bicyclic) bond motifs is 2. The van der Waals surface area contributed by atoms with Gasteiger partial charge in [0.25, 0.3) is 5.91 Å². The molecule has 1 aliphatic rings. The lowest BCUT2D eigenvalue weighted by atomic mass is 10.2. The second kappa shape index (κ2) is 6.92. The molecule has 0 aliphatic carbocycles. The van der Waals surface area contributed by atoms with Gasteiger partial charge < -0.3 is 14.0 Å². The molecule has 0 atom stereocenters. The van der Waals surface area contributed by atoms with Crippen LogP contribution in [0.1, 0.15) is 10.4 Å². The van der Waals surface area contributed by atoms with Crippen LogP contribution < -0.4 is 14.3 Å². The number of allylic oxidation sites excluding steroid dienone is 1. The molecule has 1 aromatic heterocycles. The zero-order valence-corrected chi connectivity index (χ0v) is 16.5. The molecule has 3 aromatic rings. The molecule has 28 heavy (non-hydrogen) atoms. The summed E-state index contributed by atoms with van der Waals surface area (Å²) in [5.41, 5.74) is 1.17. The fourth-order valence-corrected chi connectivity index (χ4v) is 4.65. The van der Waals surface area contributed by atoms with Crippen LogP contribution in [0.5, 0.6) is 11.5 Å². The van der Waals surface area contributed by atoms with E-state index in [1.807, 2.05) is 4.57 Å². The van der Waals surface area contributed by atoms with Gasteiger partial charge in [-0.15, -0.1) is 6.58 Å². The summed E-state index contributed by atoms with van der Waals surface area (Å²) < 4.78 is 36.8. The van der Waals surface area contributed by atoms with Crippen LogP contribution in [0.3, 0.4) is 0 Å². The van der Waals surface area contributed by atoms with Gasteiger partial charge in [0.2, 0.25) is 6.79 Å². The molecule has 1 aliphatic heterocycles. The fraction of sp³-hybridized carbons (Fsp3) is 0.158. The topological polar surface area (TPSA) is 87.0 Å². The lowest BCUT2D eigenvalue weighted by Gasteiger charge is -2.02. The van der Waals surface area contributed by atoms with Crippen LogP contribution in [-0.4, -0.2) is 31.9 Å². The van der Waals surface area contributed by atoms with Crippen molar-refractivity contribution in [3.05, 3.63) is 59.4 Å². The molecule has 0 saturated heterocycles. The highest BCUT2D eigenvalue weighted by molar-refractivity contribution is 7.90. The Hall–Kier alpha value is -2.91. The summed E-state index contributed by atoms with van der Waals surface area (Å²) in [7, 11) is -3.33. The zero-order valence-electron chi connectivity index (χ0n) is 14.9. The molecule has 0 fully saturated rings. The first-order valence-corrected chi connectivity index (χ1v) is 11.0. The molecule has 2 heterocycles. The minimum absolute atomic E-state index is 0.127. The fourth-order valence-electron chi connectivity index (χ4n) is 2.86. The Labute approximate surface area is 165 Å². The van der Waals surface area contributed by atoms with E-state index < -0.39 is 15.7 Å². The normalized spacial score (nSPS) is 13.8. The van der Waals surface area contributed by atoms with E-state index in [0.29, 0.717) is 28.4 Å². The lowest BCUT2D eigenvalue weighted by molar-refractivity contribution is 0.0997. The van der Waals surface area contributed by atoms with Crippen LogP contribution in [-0.2, 0) is 16.4 Å². The van der Waals surface area contributed by atoms with E-state index in [0.717, 1.165) is 16.5 Å². The standard InChI is InChI=1S/C19H16N2O5S2/c1-3-8-21-14-6-5-13(28(2,23)24)10-17(14)27-19(21)20-18(22)12-4-7-15-16(9-12)26-11-25-15/h3-7,9-10H,1,8,11H2,2H3. The highest BCUT2D eigenvalue weighted by Gasteiger charge is 2.17. The molecule has 2 aromatic carbocycles. The highest BCUT2D eigenvalue weighted by atomic mass is 32.2. The number of carbonyl (C=O) groups is 1. The molecule has 0 unspecified atom stereocenters. The van der Waals surface area contributed by atoms with Gasteiger partial charge in [0.05, 0.1) is 15.1 Å². The van der Waals surface area contributed by atoms with Gasteiger partial charge in [-0.1, -0.05) is 17.4 Å². The van der Waals surface area contributed by atoms with Crippen LogP contribution in [0, 0.1) is 0 Å². The summed E-state index contributed by atoms with van der Waals surface area (Å²) in [6.07, 6.45) is 2.86.